The summed E-state index contributed by atoms with van der Waals surface area (Å²) in [5.74, 6) is 0.220. The summed E-state index contributed by atoms with van der Waals surface area (Å²) < 4.78 is 6.18. The Morgan fingerprint density at radius 1 is 0.897 bits per heavy atom. The van der Waals surface area contributed by atoms with Crippen LogP contribution in [0.15, 0.2) is 83.3 Å². The molecule has 3 aromatic carbocycles. The van der Waals surface area contributed by atoms with Gasteiger partial charge in [0.2, 0.25) is 5.91 Å². The fourth-order valence-corrected chi connectivity index (χ4v) is 2.99. The first kappa shape index (κ1) is 20.4. The number of amides is 2. The number of ether oxygens (including phenoxy) is 1. The summed E-state index contributed by atoms with van der Waals surface area (Å²) in [6, 6.07) is 21.5. The molecule has 0 fully saturated rings. The molecule has 5 nitrogen and oxygen atoms in total. The Labute approximate surface area is 177 Å². The molecule has 3 aromatic rings. The zero-order chi connectivity index (χ0) is 20.6. The van der Waals surface area contributed by atoms with Crippen molar-refractivity contribution in [3.8, 4) is 5.75 Å². The topological polar surface area (TPSA) is 67.4 Å². The molecule has 0 aromatic heterocycles. The predicted molar refractivity (Wildman–Crippen MR) is 119 cm³/mol. The molecule has 0 spiro atoms. The summed E-state index contributed by atoms with van der Waals surface area (Å²) in [5, 5.41) is 5.60. The number of carbonyl (C=O) groups is 2. The minimum atomic E-state index is -0.270. The third-order valence-corrected chi connectivity index (χ3v) is 4.55. The molecular weight excluding hydrogens is 432 g/mol. The summed E-state index contributed by atoms with van der Waals surface area (Å²) >= 11 is 3.40. The first-order valence-corrected chi connectivity index (χ1v) is 9.63. The number of benzene rings is 3. The molecule has 0 heterocycles. The van der Waals surface area contributed by atoms with Gasteiger partial charge in [-0.1, -0.05) is 34.1 Å². The number of halogens is 1. The van der Waals surface area contributed by atoms with Crippen LogP contribution in [0.25, 0.3) is 6.08 Å². The van der Waals surface area contributed by atoms with E-state index < -0.39 is 0 Å². The van der Waals surface area contributed by atoms with Gasteiger partial charge in [0.15, 0.2) is 0 Å². The second kappa shape index (κ2) is 9.71. The maximum atomic E-state index is 12.2. The van der Waals surface area contributed by atoms with E-state index in [1.807, 2.05) is 36.4 Å². The average molecular weight is 451 g/mol. The molecule has 0 saturated heterocycles. The standard InChI is InChI=1S/C23H19BrN2O3/c1-29-21-13-8-18(24)15-17(21)7-14-22(27)25-19-9-11-20(12-10-19)26-23(28)16-5-3-2-4-6-16/h2-15H,1H3,(H,25,27)(H,26,28). The van der Waals surface area contributed by atoms with Crippen LogP contribution in [0.2, 0.25) is 0 Å². The first-order chi connectivity index (χ1) is 14.0. The van der Waals surface area contributed by atoms with Gasteiger partial charge < -0.3 is 15.4 Å². The molecule has 0 aliphatic heterocycles. The van der Waals surface area contributed by atoms with Gasteiger partial charge in [-0.25, -0.2) is 0 Å². The Balaban J connectivity index is 1.60. The maximum absolute atomic E-state index is 12.2. The van der Waals surface area contributed by atoms with E-state index in [-0.39, 0.29) is 11.8 Å². The van der Waals surface area contributed by atoms with Crippen LogP contribution < -0.4 is 15.4 Å². The summed E-state index contributed by atoms with van der Waals surface area (Å²) in [4.78, 5) is 24.4. The SMILES string of the molecule is COc1ccc(Br)cc1C=CC(=O)Nc1ccc(NC(=O)c2ccccc2)cc1. The van der Waals surface area contributed by atoms with Gasteiger partial charge in [0.25, 0.3) is 5.91 Å². The molecule has 6 heteroatoms. The lowest BCUT2D eigenvalue weighted by molar-refractivity contribution is -0.111. The van der Waals surface area contributed by atoms with E-state index in [2.05, 4.69) is 26.6 Å². The highest BCUT2D eigenvalue weighted by atomic mass is 79.9. The Kier molecular flexibility index (Phi) is 6.81. The largest absolute Gasteiger partial charge is 0.496 e. The highest BCUT2D eigenvalue weighted by Gasteiger charge is 2.06. The predicted octanol–water partition coefficient (Wildman–Crippen LogP) is 5.36. The van der Waals surface area contributed by atoms with Crippen molar-refractivity contribution in [2.45, 2.75) is 0 Å². The number of nitrogens with one attached hydrogen (secondary N) is 2. The van der Waals surface area contributed by atoms with Crippen molar-refractivity contribution in [2.24, 2.45) is 0 Å². The molecule has 29 heavy (non-hydrogen) atoms. The second-order valence-corrected chi connectivity index (χ2v) is 7.02. The highest BCUT2D eigenvalue weighted by Crippen LogP contribution is 2.24. The van der Waals surface area contributed by atoms with Gasteiger partial charge >= 0.3 is 0 Å². The van der Waals surface area contributed by atoms with Gasteiger partial charge in [-0.2, -0.15) is 0 Å². The van der Waals surface area contributed by atoms with Crippen LogP contribution in [0.1, 0.15) is 15.9 Å². The maximum Gasteiger partial charge on any atom is 0.255 e. The minimum absolute atomic E-state index is 0.187. The van der Waals surface area contributed by atoms with Crippen LogP contribution in [0.3, 0.4) is 0 Å². The third kappa shape index (κ3) is 5.80. The highest BCUT2D eigenvalue weighted by molar-refractivity contribution is 9.10. The van der Waals surface area contributed by atoms with Crippen molar-refractivity contribution in [3.05, 3.63) is 94.5 Å². The van der Waals surface area contributed by atoms with Crippen molar-refractivity contribution in [1.29, 1.82) is 0 Å². The van der Waals surface area contributed by atoms with E-state index in [0.29, 0.717) is 22.7 Å². The Morgan fingerprint density at radius 3 is 2.21 bits per heavy atom. The normalized spacial score (nSPS) is 10.6. The van der Waals surface area contributed by atoms with Crippen LogP contribution in [-0.4, -0.2) is 18.9 Å². The monoisotopic (exact) mass is 450 g/mol. The molecule has 0 radical (unpaired) electrons. The lowest BCUT2D eigenvalue weighted by Crippen LogP contribution is -2.12. The van der Waals surface area contributed by atoms with Gasteiger partial charge in [0.05, 0.1) is 7.11 Å². The summed E-state index contributed by atoms with van der Waals surface area (Å²) in [5.41, 5.74) is 2.64. The van der Waals surface area contributed by atoms with Gasteiger partial charge in [-0.15, -0.1) is 0 Å². The molecule has 3 rings (SSSR count). The second-order valence-electron chi connectivity index (χ2n) is 6.11. The average Bonchev–Trinajstić information content (AvgIpc) is 2.74. The molecule has 0 bridgehead atoms. The fourth-order valence-electron chi connectivity index (χ4n) is 2.61. The van der Waals surface area contributed by atoms with Gasteiger partial charge in [-0.05, 0) is 60.7 Å². The van der Waals surface area contributed by atoms with E-state index in [9.17, 15) is 9.59 Å². The minimum Gasteiger partial charge on any atom is -0.496 e. The molecule has 0 saturated carbocycles. The fraction of sp³-hybridized carbons (Fsp3) is 0.0435. The third-order valence-electron chi connectivity index (χ3n) is 4.05. The van der Waals surface area contributed by atoms with Crippen LogP contribution in [0.4, 0.5) is 11.4 Å². The van der Waals surface area contributed by atoms with Crippen molar-refractivity contribution >= 4 is 45.2 Å². The van der Waals surface area contributed by atoms with E-state index in [4.69, 9.17) is 4.74 Å². The first-order valence-electron chi connectivity index (χ1n) is 8.84. The molecular formula is C23H19BrN2O3. The van der Waals surface area contributed by atoms with E-state index in [1.165, 1.54) is 6.08 Å². The molecule has 0 aliphatic rings. The van der Waals surface area contributed by atoms with E-state index in [0.717, 1.165) is 10.0 Å². The summed E-state index contributed by atoms with van der Waals surface area (Å²) in [7, 11) is 1.58. The number of rotatable bonds is 6. The van der Waals surface area contributed by atoms with Crippen LogP contribution in [0, 0.1) is 0 Å². The number of methoxy groups -OCH3 is 1. The number of carbonyl (C=O) groups excluding carboxylic acids is 2. The van der Waals surface area contributed by atoms with Crippen LogP contribution >= 0.6 is 15.9 Å². The zero-order valence-corrected chi connectivity index (χ0v) is 17.3. The summed E-state index contributed by atoms with van der Waals surface area (Å²) in [6.07, 6.45) is 3.13. The van der Waals surface area contributed by atoms with Gasteiger partial charge in [-0.3, -0.25) is 9.59 Å². The smallest absolute Gasteiger partial charge is 0.255 e. The molecule has 0 atom stereocenters. The van der Waals surface area contributed by atoms with Gasteiger partial charge in [0, 0.05) is 33.1 Å². The quantitative estimate of drug-likeness (QED) is 0.496. The molecule has 0 aliphatic carbocycles. The molecule has 2 amide bonds. The van der Waals surface area contributed by atoms with Gasteiger partial charge in [0.1, 0.15) is 5.75 Å². The summed E-state index contributed by atoms with van der Waals surface area (Å²) in [6.45, 7) is 0. The van der Waals surface area contributed by atoms with Crippen LogP contribution in [0.5, 0.6) is 5.75 Å². The number of hydrogen-bond donors (Lipinski definition) is 2. The Bertz CT molecular complexity index is 1030. The molecule has 0 unspecified atom stereocenters. The van der Waals surface area contributed by atoms with Crippen molar-refractivity contribution in [1.82, 2.24) is 0 Å². The number of anilines is 2. The van der Waals surface area contributed by atoms with Crippen LogP contribution in [-0.2, 0) is 4.79 Å². The lowest BCUT2D eigenvalue weighted by atomic mass is 10.2. The van der Waals surface area contributed by atoms with E-state index in [1.54, 1.807) is 49.6 Å². The Hall–Kier alpha value is -3.38. The molecule has 2 N–H and O–H groups in total. The molecule has 146 valence electrons. The van der Waals surface area contributed by atoms with Crippen molar-refractivity contribution < 1.29 is 14.3 Å². The Morgan fingerprint density at radius 2 is 1.55 bits per heavy atom. The van der Waals surface area contributed by atoms with Crippen molar-refractivity contribution in [2.75, 3.05) is 17.7 Å². The lowest BCUT2D eigenvalue weighted by Gasteiger charge is -2.07. The van der Waals surface area contributed by atoms with E-state index >= 15 is 0 Å². The number of hydrogen-bond acceptors (Lipinski definition) is 3. The van der Waals surface area contributed by atoms with Crippen molar-refractivity contribution in [3.63, 3.8) is 0 Å². The zero-order valence-electron chi connectivity index (χ0n) is 15.7.